The third kappa shape index (κ3) is 7.71. The van der Waals surface area contributed by atoms with E-state index in [4.69, 9.17) is 16.3 Å². The van der Waals surface area contributed by atoms with E-state index in [-0.39, 0.29) is 24.5 Å². The highest BCUT2D eigenvalue weighted by atomic mass is 35.5. The number of aliphatic hydroxyl groups is 2. The molecule has 32 heavy (non-hydrogen) atoms. The molecule has 0 fully saturated rings. The van der Waals surface area contributed by atoms with Crippen molar-refractivity contribution >= 4 is 29.0 Å². The number of benzene rings is 1. The SMILES string of the molecule is CO[C@@H]1C=CC=C(C)Cc2ccc(Cl)c(c2)NC(=O)C[C@H](O)C(C)=C[C@H](C)[C@@H](O)CC1=O. The number of carbonyl (C=O) groups is 2. The van der Waals surface area contributed by atoms with Gasteiger partial charge in [-0.1, -0.05) is 48.4 Å². The van der Waals surface area contributed by atoms with E-state index in [9.17, 15) is 19.8 Å². The number of aliphatic hydroxyl groups excluding tert-OH is 2. The Balaban J connectivity index is 2.38. The van der Waals surface area contributed by atoms with Crippen LogP contribution >= 0.6 is 11.6 Å². The summed E-state index contributed by atoms with van der Waals surface area (Å²) in [6.07, 6.45) is 4.66. The number of anilines is 1. The Morgan fingerprint density at radius 1 is 1.16 bits per heavy atom. The number of allylic oxidation sites excluding steroid dienone is 3. The number of Topliss-reactive ketones (excluding diaryl/α,β-unsaturated/α-hetero) is 1. The number of amides is 1. The minimum absolute atomic E-state index is 0.0859. The van der Waals surface area contributed by atoms with Crippen LogP contribution in [0.1, 0.15) is 39.2 Å². The molecule has 7 heteroatoms. The second-order valence-corrected chi connectivity index (χ2v) is 8.73. The molecule has 0 spiro atoms. The normalized spacial score (nSPS) is 26.3. The van der Waals surface area contributed by atoms with Gasteiger partial charge in [0.05, 0.1) is 29.3 Å². The van der Waals surface area contributed by atoms with Crippen LogP contribution in [0.2, 0.25) is 5.02 Å². The van der Waals surface area contributed by atoms with Crippen LogP contribution in [-0.2, 0) is 20.7 Å². The van der Waals surface area contributed by atoms with Crippen molar-refractivity contribution in [3.8, 4) is 0 Å². The van der Waals surface area contributed by atoms with Crippen LogP contribution in [0.15, 0.2) is 53.6 Å². The van der Waals surface area contributed by atoms with E-state index >= 15 is 0 Å². The molecule has 0 saturated heterocycles. The minimum Gasteiger partial charge on any atom is -0.392 e. The molecule has 0 unspecified atom stereocenters. The first-order chi connectivity index (χ1) is 15.1. The summed E-state index contributed by atoms with van der Waals surface area (Å²) in [5.41, 5.74) is 3.01. The van der Waals surface area contributed by atoms with Crippen LogP contribution in [-0.4, -0.2) is 47.3 Å². The van der Waals surface area contributed by atoms with Gasteiger partial charge in [0.15, 0.2) is 5.78 Å². The maximum absolute atomic E-state index is 12.6. The second kappa shape index (κ2) is 12.1. The Kier molecular flexibility index (Phi) is 9.84. The van der Waals surface area contributed by atoms with Crippen LogP contribution in [0.25, 0.3) is 0 Å². The number of carbonyl (C=O) groups excluding carboxylic acids is 2. The zero-order valence-corrected chi connectivity index (χ0v) is 19.7. The molecular formula is C25H32ClNO5. The van der Waals surface area contributed by atoms with Crippen molar-refractivity contribution in [3.63, 3.8) is 0 Å². The molecule has 2 bridgehead atoms. The van der Waals surface area contributed by atoms with Crippen molar-refractivity contribution in [1.82, 2.24) is 0 Å². The standard InChI is InChI=1S/C25H32ClNO5/c1-15-6-5-7-24(32-4)23(30)13-21(28)16(2)11-17(3)22(29)14-25(31)27-20-12-18(10-15)8-9-19(20)26/h5-9,11-12,16,21-22,24,28-29H,10,13-14H2,1-4H3,(H,27,31)/t16-,21-,22-,24+/m0/s1. The highest BCUT2D eigenvalue weighted by molar-refractivity contribution is 6.33. The van der Waals surface area contributed by atoms with E-state index in [1.54, 1.807) is 38.1 Å². The molecule has 2 rings (SSSR count). The third-order valence-electron chi connectivity index (χ3n) is 5.47. The lowest BCUT2D eigenvalue weighted by molar-refractivity contribution is -0.128. The van der Waals surface area contributed by atoms with Gasteiger partial charge in [-0.15, -0.1) is 0 Å². The fraction of sp³-hybridized carbons (Fsp3) is 0.440. The van der Waals surface area contributed by atoms with Crippen molar-refractivity contribution in [2.24, 2.45) is 5.92 Å². The molecule has 174 valence electrons. The molecule has 1 aromatic rings. The first-order valence-electron chi connectivity index (χ1n) is 10.6. The smallest absolute Gasteiger partial charge is 0.227 e. The molecule has 6 nitrogen and oxygen atoms in total. The summed E-state index contributed by atoms with van der Waals surface area (Å²) in [5.74, 6) is -1.00. The van der Waals surface area contributed by atoms with Crippen LogP contribution in [0.5, 0.6) is 0 Å². The summed E-state index contributed by atoms with van der Waals surface area (Å²) in [5, 5.41) is 24.1. The van der Waals surface area contributed by atoms with Crippen LogP contribution in [0.3, 0.4) is 0 Å². The Bertz CT molecular complexity index is 921. The first-order valence-corrected chi connectivity index (χ1v) is 11.0. The lowest BCUT2D eigenvalue weighted by Gasteiger charge is -2.19. The zero-order chi connectivity index (χ0) is 23.8. The largest absolute Gasteiger partial charge is 0.392 e. The van der Waals surface area contributed by atoms with Crippen LogP contribution in [0.4, 0.5) is 5.69 Å². The Hall–Kier alpha value is -2.25. The molecule has 0 saturated carbocycles. The predicted octanol–water partition coefficient (Wildman–Crippen LogP) is 4.01. The molecule has 3 N–H and O–H groups in total. The minimum atomic E-state index is -1.02. The van der Waals surface area contributed by atoms with Gasteiger partial charge in [-0.2, -0.15) is 0 Å². The number of fused-ring (bicyclic) bond motifs is 2. The number of hydrogen-bond acceptors (Lipinski definition) is 5. The lowest BCUT2D eigenvalue weighted by atomic mass is 9.94. The summed E-state index contributed by atoms with van der Waals surface area (Å²) in [6.45, 7) is 5.40. The third-order valence-corrected chi connectivity index (χ3v) is 5.80. The molecule has 1 aliphatic rings. The van der Waals surface area contributed by atoms with Gasteiger partial charge < -0.3 is 20.3 Å². The van der Waals surface area contributed by atoms with E-state index in [1.165, 1.54) is 7.11 Å². The number of hydrogen-bond donors (Lipinski definition) is 3. The quantitative estimate of drug-likeness (QED) is 0.549. The number of halogens is 1. The average molecular weight is 462 g/mol. The van der Waals surface area contributed by atoms with Crippen molar-refractivity contribution in [2.45, 2.75) is 58.3 Å². The van der Waals surface area contributed by atoms with Crippen molar-refractivity contribution < 1.29 is 24.5 Å². The molecule has 0 radical (unpaired) electrons. The lowest BCUT2D eigenvalue weighted by Crippen LogP contribution is -2.28. The van der Waals surface area contributed by atoms with Gasteiger partial charge in [0, 0.05) is 19.4 Å². The average Bonchev–Trinajstić information content (AvgIpc) is 2.72. The van der Waals surface area contributed by atoms with Gasteiger partial charge in [0.1, 0.15) is 6.10 Å². The zero-order valence-electron chi connectivity index (χ0n) is 19.0. The fourth-order valence-electron chi connectivity index (χ4n) is 3.48. The molecule has 1 aliphatic heterocycles. The maximum Gasteiger partial charge on any atom is 0.227 e. The first kappa shape index (κ1) is 26.0. The summed E-state index contributed by atoms with van der Waals surface area (Å²) in [4.78, 5) is 25.0. The van der Waals surface area contributed by atoms with Gasteiger partial charge in [-0.05, 0) is 49.6 Å². The molecule has 1 amide bonds. The maximum atomic E-state index is 12.6. The van der Waals surface area contributed by atoms with Crippen LogP contribution < -0.4 is 5.32 Å². The number of nitrogens with one attached hydrogen (secondary N) is 1. The van der Waals surface area contributed by atoms with Gasteiger partial charge in [0.25, 0.3) is 0 Å². The van der Waals surface area contributed by atoms with E-state index in [2.05, 4.69) is 5.32 Å². The molecular weight excluding hydrogens is 430 g/mol. The van der Waals surface area contributed by atoms with Gasteiger partial charge in [-0.25, -0.2) is 0 Å². The van der Waals surface area contributed by atoms with E-state index < -0.39 is 24.2 Å². The number of ether oxygens (including phenoxy) is 1. The summed E-state index contributed by atoms with van der Waals surface area (Å²) in [7, 11) is 1.45. The number of ketones is 1. The van der Waals surface area contributed by atoms with Crippen molar-refractivity contribution in [2.75, 3.05) is 12.4 Å². The fourth-order valence-corrected chi connectivity index (χ4v) is 3.64. The van der Waals surface area contributed by atoms with Crippen molar-refractivity contribution in [3.05, 3.63) is 64.2 Å². The molecule has 0 aliphatic carbocycles. The molecule has 1 heterocycles. The van der Waals surface area contributed by atoms with Gasteiger partial charge in [0.2, 0.25) is 5.91 Å². The monoisotopic (exact) mass is 461 g/mol. The summed E-state index contributed by atoms with van der Waals surface area (Å²) in [6, 6.07) is 5.42. The second-order valence-electron chi connectivity index (χ2n) is 8.32. The van der Waals surface area contributed by atoms with Gasteiger partial charge in [-0.3, -0.25) is 9.59 Å². The summed E-state index contributed by atoms with van der Waals surface area (Å²) >= 11 is 6.25. The molecule has 0 aromatic heterocycles. The van der Waals surface area contributed by atoms with Crippen molar-refractivity contribution in [1.29, 1.82) is 0 Å². The van der Waals surface area contributed by atoms with E-state index in [0.29, 0.717) is 22.7 Å². The topological polar surface area (TPSA) is 95.9 Å². The van der Waals surface area contributed by atoms with E-state index in [0.717, 1.165) is 11.1 Å². The highest BCUT2D eigenvalue weighted by Gasteiger charge is 2.23. The Morgan fingerprint density at radius 3 is 2.56 bits per heavy atom. The Morgan fingerprint density at radius 2 is 1.88 bits per heavy atom. The van der Waals surface area contributed by atoms with Crippen LogP contribution in [0, 0.1) is 5.92 Å². The van der Waals surface area contributed by atoms with Gasteiger partial charge >= 0.3 is 0 Å². The number of rotatable bonds is 1. The highest BCUT2D eigenvalue weighted by Crippen LogP contribution is 2.25. The Labute approximate surface area is 194 Å². The van der Waals surface area contributed by atoms with E-state index in [1.807, 2.05) is 25.1 Å². The number of methoxy groups -OCH3 is 1. The molecule has 1 aromatic carbocycles. The predicted molar refractivity (Wildman–Crippen MR) is 127 cm³/mol. The molecule has 4 atom stereocenters. The summed E-state index contributed by atoms with van der Waals surface area (Å²) < 4.78 is 5.29.